The smallest absolute Gasteiger partial charge is 0.412 e. The summed E-state index contributed by atoms with van der Waals surface area (Å²) in [6.45, 7) is 7.33. The average molecular weight is 332 g/mol. The van der Waals surface area contributed by atoms with Gasteiger partial charge in [-0.15, -0.1) is 11.3 Å². The Morgan fingerprint density at radius 3 is 2.83 bits per heavy atom. The molecule has 2 aromatic heterocycles. The lowest BCUT2D eigenvalue weighted by Gasteiger charge is -2.19. The molecule has 2 heterocycles. The molecule has 0 unspecified atom stereocenters. The van der Waals surface area contributed by atoms with Crippen molar-refractivity contribution in [3.05, 3.63) is 15.7 Å². The molecule has 0 aliphatic heterocycles. The van der Waals surface area contributed by atoms with Gasteiger partial charge >= 0.3 is 6.09 Å². The molecule has 5 nitrogen and oxygen atoms in total. The van der Waals surface area contributed by atoms with Crippen molar-refractivity contribution in [1.82, 2.24) is 9.61 Å². The van der Waals surface area contributed by atoms with Gasteiger partial charge in [-0.2, -0.15) is 5.10 Å². The van der Waals surface area contributed by atoms with Crippen LogP contribution in [0.15, 0.2) is 9.98 Å². The van der Waals surface area contributed by atoms with Gasteiger partial charge in [0.05, 0.1) is 5.69 Å². The Morgan fingerprint density at radius 1 is 1.56 bits per heavy atom. The van der Waals surface area contributed by atoms with Crippen molar-refractivity contribution in [2.24, 2.45) is 0 Å². The van der Waals surface area contributed by atoms with E-state index in [1.165, 1.54) is 11.3 Å². The van der Waals surface area contributed by atoms with Crippen LogP contribution in [0.4, 0.5) is 10.5 Å². The maximum atomic E-state index is 11.8. The molecule has 0 radical (unpaired) electrons. The standard InChI is InChI=1S/C11H14BrN3O2S/c1-6-8(13-10(16)17-11(2,3)4)9-15(14-6)7(12)5-18-9/h5H,1-4H3,(H,13,16). The van der Waals surface area contributed by atoms with Crippen LogP contribution in [0.25, 0.3) is 4.83 Å². The number of nitrogens with zero attached hydrogens (tertiary/aromatic N) is 2. The fourth-order valence-corrected chi connectivity index (χ4v) is 2.98. The van der Waals surface area contributed by atoms with Crippen LogP contribution in [0.2, 0.25) is 0 Å². The Bertz CT molecular complexity index is 597. The molecule has 0 aromatic carbocycles. The zero-order chi connectivity index (χ0) is 13.5. The zero-order valence-corrected chi connectivity index (χ0v) is 13.0. The maximum absolute atomic E-state index is 11.8. The van der Waals surface area contributed by atoms with E-state index in [0.29, 0.717) is 5.69 Å². The first kappa shape index (κ1) is 13.4. The Morgan fingerprint density at radius 2 is 2.22 bits per heavy atom. The normalized spacial score (nSPS) is 11.8. The van der Waals surface area contributed by atoms with Gasteiger partial charge in [-0.25, -0.2) is 9.31 Å². The van der Waals surface area contributed by atoms with Crippen LogP contribution in [-0.2, 0) is 4.74 Å². The van der Waals surface area contributed by atoms with Gasteiger partial charge in [0.2, 0.25) is 0 Å². The number of nitrogens with one attached hydrogen (secondary N) is 1. The van der Waals surface area contributed by atoms with Crippen molar-refractivity contribution in [2.75, 3.05) is 5.32 Å². The summed E-state index contributed by atoms with van der Waals surface area (Å²) in [5.41, 5.74) is 0.939. The minimum Gasteiger partial charge on any atom is -0.444 e. The number of thiazole rings is 1. The number of rotatable bonds is 1. The largest absolute Gasteiger partial charge is 0.444 e. The Balaban J connectivity index is 2.26. The third-order valence-corrected chi connectivity index (χ3v) is 3.92. The minimum absolute atomic E-state index is 0.468. The van der Waals surface area contributed by atoms with Crippen molar-refractivity contribution in [3.63, 3.8) is 0 Å². The van der Waals surface area contributed by atoms with Crippen LogP contribution in [0.5, 0.6) is 0 Å². The van der Waals surface area contributed by atoms with Gasteiger partial charge in [0, 0.05) is 5.38 Å². The van der Waals surface area contributed by atoms with E-state index in [-0.39, 0.29) is 0 Å². The molecule has 2 rings (SSSR count). The predicted molar refractivity (Wildman–Crippen MR) is 75.4 cm³/mol. The van der Waals surface area contributed by atoms with Gasteiger partial charge in [0.1, 0.15) is 20.7 Å². The maximum Gasteiger partial charge on any atom is 0.412 e. The number of aromatic nitrogens is 2. The highest BCUT2D eigenvalue weighted by Gasteiger charge is 2.20. The molecule has 1 amide bonds. The van der Waals surface area contributed by atoms with Crippen molar-refractivity contribution in [1.29, 1.82) is 0 Å². The Labute approximate surface area is 117 Å². The first-order valence-electron chi connectivity index (χ1n) is 5.40. The zero-order valence-electron chi connectivity index (χ0n) is 10.6. The molecule has 0 aliphatic carbocycles. The summed E-state index contributed by atoms with van der Waals surface area (Å²) in [6.07, 6.45) is -0.468. The molecule has 0 saturated carbocycles. The molecule has 7 heteroatoms. The summed E-state index contributed by atoms with van der Waals surface area (Å²) in [5.74, 6) is 0. The van der Waals surface area contributed by atoms with Crippen LogP contribution in [-0.4, -0.2) is 21.3 Å². The monoisotopic (exact) mass is 331 g/mol. The molecular formula is C11H14BrN3O2S. The van der Waals surface area contributed by atoms with E-state index < -0.39 is 11.7 Å². The van der Waals surface area contributed by atoms with E-state index in [1.807, 2.05) is 33.1 Å². The molecule has 0 aliphatic rings. The fourth-order valence-electron chi connectivity index (χ4n) is 1.46. The first-order chi connectivity index (χ1) is 8.28. The van der Waals surface area contributed by atoms with E-state index in [4.69, 9.17) is 4.74 Å². The second-order valence-corrected chi connectivity index (χ2v) is 6.53. The lowest BCUT2D eigenvalue weighted by atomic mass is 10.2. The molecule has 1 N–H and O–H groups in total. The van der Waals surface area contributed by atoms with Crippen LogP contribution in [0.1, 0.15) is 26.5 Å². The number of amides is 1. The summed E-state index contributed by atoms with van der Waals surface area (Å²) < 4.78 is 7.83. The molecule has 0 spiro atoms. The molecule has 98 valence electrons. The van der Waals surface area contributed by atoms with Crippen molar-refractivity contribution in [3.8, 4) is 0 Å². The van der Waals surface area contributed by atoms with Gasteiger partial charge in [-0.1, -0.05) is 0 Å². The molecule has 2 aromatic rings. The number of anilines is 1. The highest BCUT2D eigenvalue weighted by molar-refractivity contribution is 9.10. The van der Waals surface area contributed by atoms with Gasteiger partial charge in [0.25, 0.3) is 0 Å². The number of hydrogen-bond donors (Lipinski definition) is 1. The lowest BCUT2D eigenvalue weighted by Crippen LogP contribution is -2.27. The molecular weight excluding hydrogens is 318 g/mol. The van der Waals surface area contributed by atoms with Crippen LogP contribution >= 0.6 is 27.3 Å². The van der Waals surface area contributed by atoms with Gasteiger partial charge in [-0.3, -0.25) is 5.32 Å². The number of ether oxygens (including phenoxy) is 1. The third-order valence-electron chi connectivity index (χ3n) is 2.11. The number of hydrogen-bond acceptors (Lipinski definition) is 4. The van der Waals surface area contributed by atoms with Crippen LogP contribution in [0.3, 0.4) is 0 Å². The molecule has 0 bridgehead atoms. The molecule has 18 heavy (non-hydrogen) atoms. The Kier molecular flexibility index (Phi) is 3.37. The molecule has 0 fully saturated rings. The van der Waals surface area contributed by atoms with Crippen LogP contribution < -0.4 is 5.32 Å². The topological polar surface area (TPSA) is 55.6 Å². The Hall–Kier alpha value is -1.08. The third kappa shape index (κ3) is 2.67. The molecule has 0 saturated heterocycles. The van der Waals surface area contributed by atoms with E-state index in [9.17, 15) is 4.79 Å². The van der Waals surface area contributed by atoms with Gasteiger partial charge < -0.3 is 4.74 Å². The summed E-state index contributed by atoms with van der Waals surface area (Å²) in [6, 6.07) is 0. The quantitative estimate of drug-likeness (QED) is 0.864. The van der Waals surface area contributed by atoms with Crippen molar-refractivity contribution < 1.29 is 9.53 Å². The second kappa shape index (κ2) is 4.55. The van der Waals surface area contributed by atoms with E-state index in [1.54, 1.807) is 4.52 Å². The van der Waals surface area contributed by atoms with Gasteiger partial charge in [0.15, 0.2) is 0 Å². The molecule has 0 atom stereocenters. The van der Waals surface area contributed by atoms with E-state index in [2.05, 4.69) is 26.3 Å². The van der Waals surface area contributed by atoms with E-state index >= 15 is 0 Å². The number of fused-ring (bicyclic) bond motifs is 1. The van der Waals surface area contributed by atoms with Gasteiger partial charge in [-0.05, 0) is 43.6 Å². The SMILES string of the molecule is Cc1nn2c(Br)csc2c1NC(=O)OC(C)(C)C. The summed E-state index contributed by atoms with van der Waals surface area (Å²) >= 11 is 4.90. The highest BCUT2D eigenvalue weighted by Crippen LogP contribution is 2.30. The second-order valence-electron chi connectivity index (χ2n) is 4.86. The highest BCUT2D eigenvalue weighted by atomic mass is 79.9. The van der Waals surface area contributed by atoms with E-state index in [0.717, 1.165) is 15.1 Å². The lowest BCUT2D eigenvalue weighted by molar-refractivity contribution is 0.0636. The average Bonchev–Trinajstić information content (AvgIpc) is 2.68. The number of carbonyl (C=O) groups excluding carboxylic acids is 1. The number of carbonyl (C=O) groups is 1. The summed E-state index contributed by atoms with van der Waals surface area (Å²) in [7, 11) is 0. The minimum atomic E-state index is -0.514. The summed E-state index contributed by atoms with van der Waals surface area (Å²) in [5, 5.41) is 9.00. The number of halogens is 1. The van der Waals surface area contributed by atoms with Crippen molar-refractivity contribution in [2.45, 2.75) is 33.3 Å². The predicted octanol–water partition coefficient (Wildman–Crippen LogP) is 3.81. The fraction of sp³-hybridized carbons (Fsp3) is 0.455. The first-order valence-corrected chi connectivity index (χ1v) is 7.07. The van der Waals surface area contributed by atoms with Crippen LogP contribution in [0, 0.1) is 6.92 Å². The summed E-state index contributed by atoms with van der Waals surface area (Å²) in [4.78, 5) is 12.6. The van der Waals surface area contributed by atoms with Crippen molar-refractivity contribution >= 4 is 43.9 Å². The number of aryl methyl sites for hydroxylation is 1.